The molecule has 3 fully saturated rings. The van der Waals surface area contributed by atoms with Crippen LogP contribution >= 0.6 is 0 Å². The van der Waals surface area contributed by atoms with E-state index in [-0.39, 0.29) is 0 Å². The molecule has 1 amide bonds. The van der Waals surface area contributed by atoms with Gasteiger partial charge in [0.15, 0.2) is 0 Å². The highest BCUT2D eigenvalue weighted by Gasteiger charge is 2.44. The normalized spacial score (nSPS) is 27.7. The fourth-order valence-corrected chi connectivity index (χ4v) is 2.83. The molecule has 0 saturated carbocycles. The van der Waals surface area contributed by atoms with Crippen molar-refractivity contribution in [2.24, 2.45) is 0 Å². The monoisotopic (exact) mass is 304 g/mol. The Kier molecular flexibility index (Phi) is 4.68. The van der Waals surface area contributed by atoms with Gasteiger partial charge in [-0.15, -0.1) is 0 Å². The Bertz CT molecular complexity index is 467. The van der Waals surface area contributed by atoms with E-state index in [1.54, 1.807) is 0 Å². The van der Waals surface area contributed by atoms with Crippen LogP contribution in [-0.2, 0) is 0 Å². The molecule has 1 aromatic carbocycles. The molecule has 3 heterocycles. The zero-order valence-electron chi connectivity index (χ0n) is 11.5. The van der Waals surface area contributed by atoms with Crippen LogP contribution < -0.4 is 0 Å². The van der Waals surface area contributed by atoms with Crippen LogP contribution in [0, 0.1) is 0 Å². The van der Waals surface area contributed by atoms with E-state index in [0.717, 1.165) is 44.8 Å². The minimum Gasteiger partial charge on any atom is -0.418 e. The number of rotatable bonds is 1. The summed E-state index contributed by atoms with van der Waals surface area (Å²) in [4.78, 5) is 15.0. The highest BCUT2D eigenvalue weighted by molar-refractivity contribution is 6.50. The summed E-state index contributed by atoms with van der Waals surface area (Å²) in [7, 11) is -6.00. The van der Waals surface area contributed by atoms with E-state index >= 15 is 0 Å². The van der Waals surface area contributed by atoms with Crippen LogP contribution in [0.2, 0.25) is 0 Å². The van der Waals surface area contributed by atoms with Gasteiger partial charge in [0.2, 0.25) is 0 Å². The smallest absolute Gasteiger partial charge is 0.418 e. The Hall–Kier alpha value is -1.41. The largest absolute Gasteiger partial charge is 0.673 e. The number of halogens is 4. The molecule has 0 aromatic heterocycles. The van der Waals surface area contributed by atoms with Crippen LogP contribution in [-0.4, -0.2) is 61.8 Å². The lowest BCUT2D eigenvalue weighted by Crippen LogP contribution is -2.69. The zero-order chi connectivity index (χ0) is 15.5. The van der Waals surface area contributed by atoms with E-state index in [9.17, 15) is 22.1 Å². The van der Waals surface area contributed by atoms with Gasteiger partial charge >= 0.3 is 13.2 Å². The maximum absolute atomic E-state index is 12.5. The van der Waals surface area contributed by atoms with Gasteiger partial charge in [0.1, 0.15) is 0 Å². The number of benzene rings is 1. The summed E-state index contributed by atoms with van der Waals surface area (Å²) in [5, 5.41) is 0. The van der Waals surface area contributed by atoms with Crippen LogP contribution in [0.25, 0.3) is 0 Å². The van der Waals surface area contributed by atoms with E-state index in [1.165, 1.54) is 0 Å². The molecular formula is C13H17BF4N2O. The molecule has 0 atom stereocenters. The lowest BCUT2D eigenvalue weighted by Gasteiger charge is -2.48. The third kappa shape index (κ3) is 4.28. The molecule has 116 valence electrons. The van der Waals surface area contributed by atoms with Gasteiger partial charge < -0.3 is 17.3 Å². The first kappa shape index (κ1) is 16.0. The Morgan fingerprint density at radius 3 is 1.81 bits per heavy atom. The SMILES string of the molecule is F[B-](F)(F)F.O=C(c1ccccc1)[N+]12CCN(CC1)CC2. The molecule has 8 heteroatoms. The van der Waals surface area contributed by atoms with E-state index in [2.05, 4.69) is 4.90 Å². The standard InChI is InChI=1S/C13H17N2O.BF4/c16-13(12-4-2-1-3-5-12)15-9-6-14(7-10-15)8-11-15;2-1(3,4)5/h1-5H,6-11H2;/q+1;-1. The Morgan fingerprint density at radius 1 is 0.952 bits per heavy atom. The summed E-state index contributed by atoms with van der Waals surface area (Å²) >= 11 is 0. The van der Waals surface area contributed by atoms with Gasteiger partial charge in [0, 0.05) is 19.6 Å². The lowest BCUT2D eigenvalue weighted by molar-refractivity contribution is -0.864. The van der Waals surface area contributed by atoms with E-state index in [4.69, 9.17) is 0 Å². The number of carbonyl (C=O) groups excluding carboxylic acids is 1. The van der Waals surface area contributed by atoms with Gasteiger partial charge in [-0.25, -0.2) is 4.79 Å². The Balaban J connectivity index is 0.000000282. The maximum Gasteiger partial charge on any atom is 0.673 e. The van der Waals surface area contributed by atoms with Gasteiger partial charge in [-0.1, -0.05) is 18.2 Å². The van der Waals surface area contributed by atoms with Crippen molar-refractivity contribution in [2.75, 3.05) is 39.3 Å². The predicted molar refractivity (Wildman–Crippen MR) is 72.3 cm³/mol. The van der Waals surface area contributed by atoms with Crippen molar-refractivity contribution in [1.29, 1.82) is 0 Å². The molecule has 3 aliphatic heterocycles. The fourth-order valence-electron chi connectivity index (χ4n) is 2.83. The third-order valence-corrected chi connectivity index (χ3v) is 3.98. The van der Waals surface area contributed by atoms with Crippen molar-refractivity contribution in [3.8, 4) is 0 Å². The average Bonchev–Trinajstić information content (AvgIpc) is 2.48. The second kappa shape index (κ2) is 6.15. The zero-order valence-corrected chi connectivity index (χ0v) is 11.5. The molecule has 2 bridgehead atoms. The van der Waals surface area contributed by atoms with Crippen LogP contribution in [0.4, 0.5) is 17.3 Å². The first-order valence-corrected chi connectivity index (χ1v) is 6.86. The molecule has 0 N–H and O–H groups in total. The molecule has 3 aliphatic rings. The highest BCUT2D eigenvalue weighted by atomic mass is 19.5. The van der Waals surface area contributed by atoms with Gasteiger partial charge in [0.25, 0.3) is 0 Å². The molecule has 3 nitrogen and oxygen atoms in total. The summed E-state index contributed by atoms with van der Waals surface area (Å²) in [6.07, 6.45) is 0. The second-order valence-corrected chi connectivity index (χ2v) is 5.32. The summed E-state index contributed by atoms with van der Waals surface area (Å²) in [6, 6.07) is 9.75. The molecule has 0 unspecified atom stereocenters. The van der Waals surface area contributed by atoms with Crippen LogP contribution in [0.5, 0.6) is 0 Å². The summed E-state index contributed by atoms with van der Waals surface area (Å²) < 4.78 is 39.7. The third-order valence-electron chi connectivity index (χ3n) is 3.98. The number of quaternary nitrogens is 1. The highest BCUT2D eigenvalue weighted by Crippen LogP contribution is 2.23. The number of fused-ring (bicyclic) bond motifs is 3. The van der Waals surface area contributed by atoms with Crippen molar-refractivity contribution < 1.29 is 26.5 Å². The quantitative estimate of drug-likeness (QED) is 0.451. The predicted octanol–water partition coefficient (Wildman–Crippen LogP) is 2.27. The topological polar surface area (TPSA) is 20.3 Å². The molecule has 0 radical (unpaired) electrons. The summed E-state index contributed by atoms with van der Waals surface area (Å²) in [5.41, 5.74) is 0.873. The second-order valence-electron chi connectivity index (χ2n) is 5.32. The van der Waals surface area contributed by atoms with Crippen LogP contribution in [0.15, 0.2) is 30.3 Å². The van der Waals surface area contributed by atoms with Gasteiger partial charge in [0.05, 0.1) is 25.2 Å². The number of hydrogen-bond acceptors (Lipinski definition) is 2. The van der Waals surface area contributed by atoms with Crippen LogP contribution in [0.3, 0.4) is 0 Å². The minimum atomic E-state index is -6.00. The molecular weight excluding hydrogens is 287 g/mol. The molecule has 1 aromatic rings. The minimum absolute atomic E-state index is 0.319. The molecule has 4 rings (SSSR count). The number of amides is 1. The van der Waals surface area contributed by atoms with Gasteiger partial charge in [-0.05, 0) is 12.1 Å². The first-order chi connectivity index (χ1) is 9.80. The first-order valence-electron chi connectivity index (χ1n) is 6.86. The number of hydrogen-bond donors (Lipinski definition) is 0. The van der Waals surface area contributed by atoms with Crippen molar-refractivity contribution in [2.45, 2.75) is 0 Å². The van der Waals surface area contributed by atoms with Gasteiger partial charge in [-0.2, -0.15) is 0 Å². The number of piperazine rings is 3. The van der Waals surface area contributed by atoms with Crippen LogP contribution in [0.1, 0.15) is 10.4 Å². The fraction of sp³-hybridized carbons (Fsp3) is 0.462. The number of carbonyl (C=O) groups is 1. The van der Waals surface area contributed by atoms with Crippen molar-refractivity contribution in [1.82, 2.24) is 4.90 Å². The van der Waals surface area contributed by atoms with E-state index in [0.29, 0.717) is 10.4 Å². The molecule has 0 spiro atoms. The Morgan fingerprint density at radius 2 is 1.38 bits per heavy atom. The van der Waals surface area contributed by atoms with Crippen molar-refractivity contribution in [3.63, 3.8) is 0 Å². The number of nitrogens with zero attached hydrogens (tertiary/aromatic N) is 2. The van der Waals surface area contributed by atoms with E-state index < -0.39 is 7.25 Å². The lowest BCUT2D eigenvalue weighted by atomic mass is 10.1. The Labute approximate surface area is 120 Å². The molecule has 21 heavy (non-hydrogen) atoms. The van der Waals surface area contributed by atoms with Crippen molar-refractivity contribution in [3.05, 3.63) is 35.9 Å². The maximum atomic E-state index is 12.5. The van der Waals surface area contributed by atoms with E-state index in [1.807, 2.05) is 30.3 Å². The summed E-state index contributed by atoms with van der Waals surface area (Å²) in [5.74, 6) is 0.319. The average molecular weight is 304 g/mol. The van der Waals surface area contributed by atoms with Crippen molar-refractivity contribution >= 4 is 13.2 Å². The summed E-state index contributed by atoms with van der Waals surface area (Å²) in [6.45, 7) is 6.23. The molecule has 3 saturated heterocycles. The molecule has 0 aliphatic carbocycles. The van der Waals surface area contributed by atoms with Gasteiger partial charge in [-0.3, -0.25) is 9.38 Å².